The monoisotopic (exact) mass is 270 g/mol. The van der Waals surface area contributed by atoms with Crippen LogP contribution in [0.15, 0.2) is 0 Å². The molecule has 1 heterocycles. The van der Waals surface area contributed by atoms with Crippen LogP contribution in [0.25, 0.3) is 0 Å². The maximum absolute atomic E-state index is 5.15. The molecule has 0 aliphatic carbocycles. The lowest BCUT2D eigenvalue weighted by molar-refractivity contribution is 0.104. The maximum Gasteiger partial charge on any atom is 0.0462 e. The van der Waals surface area contributed by atoms with Crippen LogP contribution in [0.2, 0.25) is 0 Å². The van der Waals surface area contributed by atoms with Gasteiger partial charge >= 0.3 is 0 Å². The normalized spacial score (nSPS) is 25.1. The van der Waals surface area contributed by atoms with Crippen molar-refractivity contribution in [1.82, 2.24) is 10.2 Å². The summed E-state index contributed by atoms with van der Waals surface area (Å²) in [5.74, 6) is 0.788. The molecule has 3 heteroatoms. The third-order valence-electron chi connectivity index (χ3n) is 4.04. The van der Waals surface area contributed by atoms with Crippen molar-refractivity contribution in [1.29, 1.82) is 0 Å². The molecule has 0 saturated carbocycles. The number of hydrogen-bond acceptors (Lipinski definition) is 3. The minimum absolute atomic E-state index is 0.704. The molecule has 1 saturated heterocycles. The molecule has 3 nitrogen and oxygen atoms in total. The minimum Gasteiger partial charge on any atom is -0.385 e. The van der Waals surface area contributed by atoms with Crippen LogP contribution in [-0.4, -0.2) is 50.3 Å². The second-order valence-corrected chi connectivity index (χ2v) is 6.37. The molecule has 0 bridgehead atoms. The molecule has 0 radical (unpaired) electrons. The molecule has 1 N–H and O–H groups in total. The van der Waals surface area contributed by atoms with Crippen LogP contribution in [0, 0.1) is 5.92 Å². The second kappa shape index (κ2) is 9.73. The molecule has 0 amide bonds. The number of rotatable bonds is 9. The van der Waals surface area contributed by atoms with E-state index in [2.05, 4.69) is 31.0 Å². The van der Waals surface area contributed by atoms with E-state index in [0.717, 1.165) is 18.6 Å². The van der Waals surface area contributed by atoms with Crippen LogP contribution < -0.4 is 5.32 Å². The maximum atomic E-state index is 5.15. The molecule has 0 spiro atoms. The zero-order chi connectivity index (χ0) is 14.1. The fraction of sp³-hybridized carbons (Fsp3) is 1.00. The predicted octanol–water partition coefficient (Wildman–Crippen LogP) is 2.90. The van der Waals surface area contributed by atoms with Gasteiger partial charge in [0.1, 0.15) is 0 Å². The first-order chi connectivity index (χ1) is 9.17. The van der Waals surface area contributed by atoms with E-state index in [9.17, 15) is 0 Å². The van der Waals surface area contributed by atoms with Gasteiger partial charge in [-0.15, -0.1) is 0 Å². The summed E-state index contributed by atoms with van der Waals surface area (Å²) in [6.07, 6.45) is 6.36. The molecule has 114 valence electrons. The standard InChI is InChI=1S/C16H34N2O/c1-5-8-15-13-18(9-6-7-10-19-4)16(12-17-15)11-14(2)3/h14-17H,5-13H2,1-4H3. The highest BCUT2D eigenvalue weighted by Gasteiger charge is 2.27. The van der Waals surface area contributed by atoms with Crippen LogP contribution in [0.4, 0.5) is 0 Å². The Morgan fingerprint density at radius 1 is 1.32 bits per heavy atom. The van der Waals surface area contributed by atoms with Gasteiger partial charge in [-0.3, -0.25) is 4.90 Å². The van der Waals surface area contributed by atoms with E-state index in [1.807, 2.05) is 0 Å². The Bertz CT molecular complexity index is 221. The van der Waals surface area contributed by atoms with Crippen molar-refractivity contribution in [3.05, 3.63) is 0 Å². The fourth-order valence-corrected chi connectivity index (χ4v) is 3.08. The van der Waals surface area contributed by atoms with Crippen LogP contribution in [0.1, 0.15) is 52.9 Å². The first-order valence-corrected chi connectivity index (χ1v) is 8.13. The highest BCUT2D eigenvalue weighted by molar-refractivity contribution is 4.86. The van der Waals surface area contributed by atoms with Gasteiger partial charge in [-0.05, 0) is 38.1 Å². The Kier molecular flexibility index (Phi) is 8.67. The quantitative estimate of drug-likeness (QED) is 0.652. The van der Waals surface area contributed by atoms with E-state index < -0.39 is 0 Å². The molecule has 0 aromatic rings. The average Bonchev–Trinajstić information content (AvgIpc) is 2.37. The molecule has 1 rings (SSSR count). The van der Waals surface area contributed by atoms with Gasteiger partial charge in [-0.1, -0.05) is 27.2 Å². The van der Waals surface area contributed by atoms with E-state index in [4.69, 9.17) is 4.74 Å². The number of unbranched alkanes of at least 4 members (excludes halogenated alkanes) is 1. The number of methoxy groups -OCH3 is 1. The summed E-state index contributed by atoms with van der Waals surface area (Å²) < 4.78 is 5.15. The molecule has 2 atom stereocenters. The Hall–Kier alpha value is -0.120. The Balaban J connectivity index is 2.40. The first-order valence-electron chi connectivity index (χ1n) is 8.13. The molecular weight excluding hydrogens is 236 g/mol. The average molecular weight is 270 g/mol. The predicted molar refractivity (Wildman–Crippen MR) is 82.6 cm³/mol. The molecule has 1 aliphatic heterocycles. The summed E-state index contributed by atoms with van der Waals surface area (Å²) >= 11 is 0. The SMILES string of the molecule is CCCC1CN(CCCCOC)C(CC(C)C)CN1. The van der Waals surface area contributed by atoms with Gasteiger partial charge in [0.15, 0.2) is 0 Å². The summed E-state index contributed by atoms with van der Waals surface area (Å²) in [5, 5.41) is 3.74. The van der Waals surface area contributed by atoms with Crippen molar-refractivity contribution in [2.45, 2.75) is 65.0 Å². The highest BCUT2D eigenvalue weighted by atomic mass is 16.5. The van der Waals surface area contributed by atoms with Gasteiger partial charge in [0.05, 0.1) is 0 Å². The topological polar surface area (TPSA) is 24.5 Å². The third-order valence-corrected chi connectivity index (χ3v) is 4.04. The van der Waals surface area contributed by atoms with Crippen LogP contribution in [0.3, 0.4) is 0 Å². The first kappa shape index (κ1) is 16.9. The molecule has 1 fully saturated rings. The Labute approximate surface area is 120 Å². The largest absolute Gasteiger partial charge is 0.385 e. The Morgan fingerprint density at radius 2 is 2.11 bits per heavy atom. The highest BCUT2D eigenvalue weighted by Crippen LogP contribution is 2.17. The van der Waals surface area contributed by atoms with Gasteiger partial charge in [0.2, 0.25) is 0 Å². The van der Waals surface area contributed by atoms with Crippen molar-refractivity contribution in [2.75, 3.05) is 33.4 Å². The summed E-state index contributed by atoms with van der Waals surface area (Å²) in [7, 11) is 1.80. The molecule has 2 unspecified atom stereocenters. The van der Waals surface area contributed by atoms with Gasteiger partial charge < -0.3 is 10.1 Å². The van der Waals surface area contributed by atoms with Crippen molar-refractivity contribution >= 4 is 0 Å². The third kappa shape index (κ3) is 6.73. The fourth-order valence-electron chi connectivity index (χ4n) is 3.08. The van der Waals surface area contributed by atoms with E-state index >= 15 is 0 Å². The van der Waals surface area contributed by atoms with Crippen molar-refractivity contribution in [3.8, 4) is 0 Å². The van der Waals surface area contributed by atoms with Gasteiger partial charge in [-0.25, -0.2) is 0 Å². The molecule has 0 aromatic carbocycles. The summed E-state index contributed by atoms with van der Waals surface area (Å²) in [4.78, 5) is 2.73. The van der Waals surface area contributed by atoms with Gasteiger partial charge in [0, 0.05) is 38.9 Å². The van der Waals surface area contributed by atoms with E-state index in [1.54, 1.807) is 7.11 Å². The number of nitrogens with one attached hydrogen (secondary N) is 1. The zero-order valence-electron chi connectivity index (χ0n) is 13.5. The van der Waals surface area contributed by atoms with Gasteiger partial charge in [-0.2, -0.15) is 0 Å². The molecular formula is C16H34N2O. The van der Waals surface area contributed by atoms with E-state index in [-0.39, 0.29) is 0 Å². The minimum atomic E-state index is 0.704. The zero-order valence-corrected chi connectivity index (χ0v) is 13.5. The molecule has 1 aliphatic rings. The molecule has 0 aromatic heterocycles. The lowest BCUT2D eigenvalue weighted by Crippen LogP contribution is -2.56. The number of piperazine rings is 1. The van der Waals surface area contributed by atoms with Crippen molar-refractivity contribution < 1.29 is 4.74 Å². The van der Waals surface area contributed by atoms with Crippen LogP contribution in [-0.2, 0) is 4.74 Å². The van der Waals surface area contributed by atoms with Crippen molar-refractivity contribution in [3.63, 3.8) is 0 Å². The van der Waals surface area contributed by atoms with Crippen molar-refractivity contribution in [2.24, 2.45) is 5.92 Å². The van der Waals surface area contributed by atoms with Crippen LogP contribution >= 0.6 is 0 Å². The number of ether oxygens (including phenoxy) is 1. The van der Waals surface area contributed by atoms with Gasteiger partial charge in [0.25, 0.3) is 0 Å². The molecule has 19 heavy (non-hydrogen) atoms. The number of nitrogens with zero attached hydrogens (tertiary/aromatic N) is 1. The lowest BCUT2D eigenvalue weighted by Gasteiger charge is -2.41. The summed E-state index contributed by atoms with van der Waals surface area (Å²) in [6.45, 7) is 11.5. The smallest absolute Gasteiger partial charge is 0.0462 e. The van der Waals surface area contributed by atoms with E-state index in [1.165, 1.54) is 51.7 Å². The number of hydrogen-bond donors (Lipinski definition) is 1. The summed E-state index contributed by atoms with van der Waals surface area (Å²) in [5.41, 5.74) is 0. The lowest BCUT2D eigenvalue weighted by atomic mass is 9.97. The second-order valence-electron chi connectivity index (χ2n) is 6.37. The Morgan fingerprint density at radius 3 is 2.74 bits per heavy atom. The van der Waals surface area contributed by atoms with E-state index in [0.29, 0.717) is 6.04 Å². The summed E-state index contributed by atoms with van der Waals surface area (Å²) in [6, 6.07) is 1.44. The van der Waals surface area contributed by atoms with Crippen LogP contribution in [0.5, 0.6) is 0 Å².